The van der Waals surface area contributed by atoms with E-state index in [2.05, 4.69) is 24.8 Å². The minimum atomic E-state index is -0.374. The van der Waals surface area contributed by atoms with Crippen molar-refractivity contribution in [3.63, 3.8) is 0 Å². The van der Waals surface area contributed by atoms with Gasteiger partial charge in [0.1, 0.15) is 0 Å². The molecule has 0 unspecified atom stereocenters. The van der Waals surface area contributed by atoms with Gasteiger partial charge in [-0.25, -0.2) is 4.98 Å². The van der Waals surface area contributed by atoms with Crippen LogP contribution in [0.1, 0.15) is 30.9 Å². The van der Waals surface area contributed by atoms with Crippen molar-refractivity contribution >= 4 is 32.6 Å². The van der Waals surface area contributed by atoms with Crippen LogP contribution in [0.3, 0.4) is 0 Å². The topological polar surface area (TPSA) is 36.4 Å². The molecule has 0 radical (unpaired) electrons. The van der Waals surface area contributed by atoms with Crippen LogP contribution in [0.25, 0.3) is 10.2 Å². The van der Waals surface area contributed by atoms with Crippen molar-refractivity contribution in [3.05, 3.63) is 96.1 Å². The molecule has 3 aromatic carbocycles. The number of fused-ring (bicyclic) bond motifs is 1. The van der Waals surface area contributed by atoms with E-state index in [1.165, 1.54) is 0 Å². The van der Waals surface area contributed by atoms with E-state index in [0.29, 0.717) is 6.54 Å². The Labute approximate surface area is 194 Å². The number of carbonyl (C=O) groups is 1. The molecule has 0 aliphatic rings. The van der Waals surface area contributed by atoms with Crippen LogP contribution in [0.2, 0.25) is 0 Å². The van der Waals surface area contributed by atoms with Crippen LogP contribution in [0.15, 0.2) is 84.9 Å². The Kier molecular flexibility index (Phi) is 7.30. The molecule has 1 heterocycles. The predicted molar refractivity (Wildman–Crippen MR) is 134 cm³/mol. The zero-order valence-corrected chi connectivity index (χ0v) is 19.5. The molecule has 5 heteroatoms. The average molecular weight is 444 g/mol. The summed E-state index contributed by atoms with van der Waals surface area (Å²) in [5, 5.41) is 0.764. The highest BCUT2D eigenvalue weighted by Crippen LogP contribution is 2.33. The van der Waals surface area contributed by atoms with Crippen molar-refractivity contribution in [1.82, 2.24) is 9.88 Å². The third-order valence-corrected chi connectivity index (χ3v) is 6.89. The first kappa shape index (κ1) is 22.2. The molecule has 164 valence electrons. The van der Waals surface area contributed by atoms with Gasteiger partial charge in [-0.3, -0.25) is 9.69 Å². The lowest BCUT2D eigenvalue weighted by Gasteiger charge is -2.28. The number of amides is 1. The van der Waals surface area contributed by atoms with Gasteiger partial charge in [0.15, 0.2) is 5.13 Å². The molecule has 4 aromatic rings. The summed E-state index contributed by atoms with van der Waals surface area (Å²) in [7, 11) is 0. The number of carbonyl (C=O) groups excluding carboxylic acids is 1. The Hall–Kier alpha value is -3.02. The van der Waals surface area contributed by atoms with E-state index in [4.69, 9.17) is 4.98 Å². The van der Waals surface area contributed by atoms with E-state index in [1.807, 2.05) is 83.8 Å². The van der Waals surface area contributed by atoms with E-state index in [1.54, 1.807) is 11.3 Å². The van der Waals surface area contributed by atoms with Crippen molar-refractivity contribution < 1.29 is 4.79 Å². The fourth-order valence-electron chi connectivity index (χ4n) is 3.98. The van der Waals surface area contributed by atoms with Crippen LogP contribution in [0, 0.1) is 0 Å². The van der Waals surface area contributed by atoms with Crippen LogP contribution in [-0.4, -0.2) is 42.0 Å². The van der Waals surface area contributed by atoms with Crippen molar-refractivity contribution in [2.75, 3.05) is 31.1 Å². The van der Waals surface area contributed by atoms with Gasteiger partial charge in [0.2, 0.25) is 5.91 Å². The highest BCUT2D eigenvalue weighted by molar-refractivity contribution is 7.22. The maximum Gasteiger partial charge on any atom is 0.240 e. The summed E-state index contributed by atoms with van der Waals surface area (Å²) in [6.45, 7) is 7.65. The Bertz CT molecular complexity index is 1070. The molecule has 1 aromatic heterocycles. The molecule has 32 heavy (non-hydrogen) atoms. The minimum absolute atomic E-state index is 0.0635. The first-order valence-electron chi connectivity index (χ1n) is 11.2. The zero-order valence-electron chi connectivity index (χ0n) is 18.6. The molecular weight excluding hydrogens is 414 g/mol. The number of benzene rings is 3. The van der Waals surface area contributed by atoms with Gasteiger partial charge in [0.05, 0.1) is 16.1 Å². The monoisotopic (exact) mass is 443 g/mol. The number of nitrogens with zero attached hydrogens (tertiary/aromatic N) is 3. The van der Waals surface area contributed by atoms with Crippen LogP contribution in [-0.2, 0) is 4.79 Å². The minimum Gasteiger partial charge on any atom is -0.302 e. The molecule has 0 bridgehead atoms. The third kappa shape index (κ3) is 4.90. The molecule has 0 saturated carbocycles. The molecule has 0 aliphatic heterocycles. The lowest BCUT2D eigenvalue weighted by Crippen LogP contribution is -2.41. The van der Waals surface area contributed by atoms with Crippen LogP contribution >= 0.6 is 11.3 Å². The molecule has 0 N–H and O–H groups in total. The standard InChI is InChI=1S/C27H29N3OS/c1-3-29(4-2)19-20-30(27-28-23-17-11-12-18-24(23)32-27)26(31)25(21-13-7-5-8-14-21)22-15-9-6-10-16-22/h5-18,25H,3-4,19-20H2,1-2H3. The second kappa shape index (κ2) is 10.5. The van der Waals surface area contributed by atoms with Crippen LogP contribution in [0.5, 0.6) is 0 Å². The fourth-order valence-corrected chi connectivity index (χ4v) is 4.98. The van der Waals surface area contributed by atoms with E-state index >= 15 is 0 Å². The predicted octanol–water partition coefficient (Wildman–Crippen LogP) is 5.80. The van der Waals surface area contributed by atoms with Gasteiger partial charge in [-0.1, -0.05) is 98.0 Å². The summed E-state index contributed by atoms with van der Waals surface area (Å²) >= 11 is 1.58. The summed E-state index contributed by atoms with van der Waals surface area (Å²) in [6.07, 6.45) is 0. The van der Waals surface area contributed by atoms with Crippen LogP contribution < -0.4 is 4.90 Å². The molecule has 0 fully saturated rings. The number of para-hydroxylation sites is 1. The number of hydrogen-bond donors (Lipinski definition) is 0. The summed E-state index contributed by atoms with van der Waals surface area (Å²) < 4.78 is 1.10. The van der Waals surface area contributed by atoms with Gasteiger partial charge < -0.3 is 4.90 Å². The molecule has 4 rings (SSSR count). The van der Waals surface area contributed by atoms with E-state index in [9.17, 15) is 4.79 Å². The smallest absolute Gasteiger partial charge is 0.240 e. The molecule has 0 saturated heterocycles. The number of aromatic nitrogens is 1. The van der Waals surface area contributed by atoms with E-state index < -0.39 is 0 Å². The maximum absolute atomic E-state index is 14.2. The number of hydrogen-bond acceptors (Lipinski definition) is 4. The Morgan fingerprint density at radius 2 is 1.38 bits per heavy atom. The van der Waals surface area contributed by atoms with Gasteiger partial charge >= 0.3 is 0 Å². The first-order valence-corrected chi connectivity index (χ1v) is 12.0. The quantitative estimate of drug-likeness (QED) is 0.328. The van der Waals surface area contributed by atoms with Gasteiger partial charge in [0, 0.05) is 13.1 Å². The summed E-state index contributed by atoms with van der Waals surface area (Å²) in [6, 6.07) is 28.2. The molecule has 0 spiro atoms. The summed E-state index contributed by atoms with van der Waals surface area (Å²) in [4.78, 5) is 23.3. The van der Waals surface area contributed by atoms with Crippen molar-refractivity contribution in [2.45, 2.75) is 19.8 Å². The molecule has 4 nitrogen and oxygen atoms in total. The highest BCUT2D eigenvalue weighted by Gasteiger charge is 2.30. The lowest BCUT2D eigenvalue weighted by atomic mass is 9.90. The van der Waals surface area contributed by atoms with Crippen molar-refractivity contribution in [3.8, 4) is 0 Å². The second-order valence-electron chi connectivity index (χ2n) is 7.74. The van der Waals surface area contributed by atoms with Gasteiger partial charge in [-0.2, -0.15) is 0 Å². The highest BCUT2D eigenvalue weighted by atomic mass is 32.1. The van der Waals surface area contributed by atoms with Gasteiger partial charge in [0.25, 0.3) is 0 Å². The second-order valence-corrected chi connectivity index (χ2v) is 8.74. The van der Waals surface area contributed by atoms with E-state index in [0.717, 1.165) is 46.1 Å². The number of thiazole rings is 1. The molecule has 0 aliphatic carbocycles. The van der Waals surface area contributed by atoms with Crippen molar-refractivity contribution in [1.29, 1.82) is 0 Å². The SMILES string of the molecule is CCN(CC)CCN(C(=O)C(c1ccccc1)c1ccccc1)c1nc2ccccc2s1. The largest absolute Gasteiger partial charge is 0.302 e. The third-order valence-electron chi connectivity index (χ3n) is 5.83. The summed E-state index contributed by atoms with van der Waals surface area (Å²) in [5.74, 6) is -0.310. The maximum atomic E-state index is 14.2. The number of rotatable bonds is 9. The van der Waals surface area contributed by atoms with Gasteiger partial charge in [-0.05, 0) is 36.3 Å². The Morgan fingerprint density at radius 3 is 1.94 bits per heavy atom. The molecular formula is C27H29N3OS. The molecule has 0 atom stereocenters. The first-order chi connectivity index (χ1) is 15.7. The lowest BCUT2D eigenvalue weighted by molar-refractivity contribution is -0.119. The number of anilines is 1. The Morgan fingerprint density at radius 1 is 0.812 bits per heavy atom. The zero-order chi connectivity index (χ0) is 22.3. The fraction of sp³-hybridized carbons (Fsp3) is 0.259. The van der Waals surface area contributed by atoms with E-state index in [-0.39, 0.29) is 11.8 Å². The summed E-state index contributed by atoms with van der Waals surface area (Å²) in [5.41, 5.74) is 2.93. The van der Waals surface area contributed by atoms with Crippen molar-refractivity contribution in [2.24, 2.45) is 0 Å². The normalized spacial score (nSPS) is 11.4. The number of likely N-dealkylation sites (N-methyl/N-ethyl adjacent to an activating group) is 1. The molecule has 1 amide bonds. The Balaban J connectivity index is 1.76. The average Bonchev–Trinajstić information content (AvgIpc) is 3.27. The van der Waals surface area contributed by atoms with Gasteiger partial charge in [-0.15, -0.1) is 0 Å². The van der Waals surface area contributed by atoms with Crippen LogP contribution in [0.4, 0.5) is 5.13 Å².